The minimum absolute atomic E-state index is 0.433. The van der Waals surface area contributed by atoms with E-state index in [-0.39, 0.29) is 0 Å². The van der Waals surface area contributed by atoms with E-state index in [1.807, 2.05) is 19.4 Å². The number of nitrogens with zero attached hydrogens (tertiary/aromatic N) is 2. The first-order chi connectivity index (χ1) is 9.52. The van der Waals surface area contributed by atoms with E-state index < -0.39 is 0 Å². The first kappa shape index (κ1) is 15.3. The molecule has 3 heteroatoms. The molecule has 0 aliphatic carbocycles. The quantitative estimate of drug-likeness (QED) is 0.915. The number of nitrogens with one attached hydrogen (secondary N) is 1. The topological polar surface area (TPSA) is 28.2 Å². The second-order valence-corrected chi connectivity index (χ2v) is 7.02. The average Bonchev–Trinajstić information content (AvgIpc) is 2.65. The summed E-state index contributed by atoms with van der Waals surface area (Å²) in [5.74, 6) is 0.835. The largest absolute Gasteiger partial charge is 0.371 e. The molecule has 0 aromatic carbocycles. The predicted molar refractivity (Wildman–Crippen MR) is 86.0 cm³/mol. The summed E-state index contributed by atoms with van der Waals surface area (Å²) in [5, 5.41) is 3.25. The zero-order valence-electron chi connectivity index (χ0n) is 13.4. The molecule has 1 fully saturated rings. The van der Waals surface area contributed by atoms with E-state index in [9.17, 15) is 0 Å². The van der Waals surface area contributed by atoms with Crippen LogP contribution in [0.15, 0.2) is 18.5 Å². The van der Waals surface area contributed by atoms with E-state index in [0.717, 1.165) is 12.5 Å². The number of hydrogen-bond donors (Lipinski definition) is 1. The molecule has 1 N–H and O–H groups in total. The summed E-state index contributed by atoms with van der Waals surface area (Å²) >= 11 is 0. The Labute approximate surface area is 123 Å². The van der Waals surface area contributed by atoms with Gasteiger partial charge in [0, 0.05) is 43.3 Å². The fourth-order valence-electron chi connectivity index (χ4n) is 3.26. The van der Waals surface area contributed by atoms with Gasteiger partial charge in [0.25, 0.3) is 0 Å². The lowest BCUT2D eigenvalue weighted by molar-refractivity contribution is 0.220. The van der Waals surface area contributed by atoms with Crippen LogP contribution in [0.25, 0.3) is 0 Å². The molecule has 1 aromatic rings. The molecule has 2 heterocycles. The molecule has 0 amide bonds. The van der Waals surface area contributed by atoms with Gasteiger partial charge in [0.15, 0.2) is 0 Å². The highest BCUT2D eigenvalue weighted by Gasteiger charge is 2.27. The van der Waals surface area contributed by atoms with Crippen LogP contribution in [0.5, 0.6) is 0 Å². The molecular weight excluding hydrogens is 246 g/mol. The van der Waals surface area contributed by atoms with E-state index in [2.05, 4.69) is 42.0 Å². The van der Waals surface area contributed by atoms with Crippen molar-refractivity contribution >= 4 is 5.69 Å². The van der Waals surface area contributed by atoms with Gasteiger partial charge in [-0.2, -0.15) is 0 Å². The Morgan fingerprint density at radius 3 is 2.80 bits per heavy atom. The third-order valence-corrected chi connectivity index (χ3v) is 4.54. The van der Waals surface area contributed by atoms with Gasteiger partial charge < -0.3 is 10.2 Å². The summed E-state index contributed by atoms with van der Waals surface area (Å²) < 4.78 is 0. The first-order valence-electron chi connectivity index (χ1n) is 7.85. The molecule has 1 aliphatic heterocycles. The van der Waals surface area contributed by atoms with Crippen molar-refractivity contribution in [2.75, 3.05) is 25.0 Å². The van der Waals surface area contributed by atoms with Crippen LogP contribution in [0.4, 0.5) is 5.69 Å². The standard InChI is InChI=1S/C17H29N3/c1-17(2,3)15-6-5-10-20(11-8-15)16-7-9-19-13-14(16)12-18-4/h7,9,13,15,18H,5-6,8,10-12H2,1-4H3. The van der Waals surface area contributed by atoms with E-state index in [0.29, 0.717) is 5.41 Å². The molecular formula is C17H29N3. The summed E-state index contributed by atoms with van der Waals surface area (Å²) in [6.45, 7) is 10.4. The van der Waals surface area contributed by atoms with Crippen molar-refractivity contribution < 1.29 is 0 Å². The zero-order valence-corrected chi connectivity index (χ0v) is 13.4. The van der Waals surface area contributed by atoms with Crippen LogP contribution in [-0.4, -0.2) is 25.1 Å². The molecule has 3 nitrogen and oxygen atoms in total. The van der Waals surface area contributed by atoms with Gasteiger partial charge in [-0.1, -0.05) is 20.8 Å². The monoisotopic (exact) mass is 275 g/mol. The average molecular weight is 275 g/mol. The van der Waals surface area contributed by atoms with Crippen LogP contribution in [0, 0.1) is 11.3 Å². The van der Waals surface area contributed by atoms with Gasteiger partial charge in [0.1, 0.15) is 0 Å². The number of pyridine rings is 1. The van der Waals surface area contributed by atoms with Crippen molar-refractivity contribution in [3.8, 4) is 0 Å². The van der Waals surface area contributed by atoms with Crippen molar-refractivity contribution in [2.24, 2.45) is 11.3 Å². The smallest absolute Gasteiger partial charge is 0.0442 e. The van der Waals surface area contributed by atoms with Gasteiger partial charge in [-0.05, 0) is 43.7 Å². The number of aromatic nitrogens is 1. The number of hydrogen-bond acceptors (Lipinski definition) is 3. The minimum Gasteiger partial charge on any atom is -0.371 e. The van der Waals surface area contributed by atoms with Crippen LogP contribution in [0.3, 0.4) is 0 Å². The van der Waals surface area contributed by atoms with Crippen LogP contribution in [-0.2, 0) is 6.54 Å². The lowest BCUT2D eigenvalue weighted by atomic mass is 9.77. The Kier molecular flexibility index (Phi) is 5.03. The van der Waals surface area contributed by atoms with Crippen molar-refractivity contribution in [3.05, 3.63) is 24.0 Å². The molecule has 0 saturated carbocycles. The van der Waals surface area contributed by atoms with Crippen molar-refractivity contribution in [2.45, 2.75) is 46.6 Å². The molecule has 0 spiro atoms. The fraction of sp³-hybridized carbons (Fsp3) is 0.706. The summed E-state index contributed by atoms with van der Waals surface area (Å²) in [4.78, 5) is 6.83. The second-order valence-electron chi connectivity index (χ2n) is 7.02. The SMILES string of the molecule is CNCc1cnccc1N1CCCC(C(C)(C)C)CC1. The Bertz CT molecular complexity index is 422. The Balaban J connectivity index is 2.11. The van der Waals surface area contributed by atoms with Crippen LogP contribution in [0.1, 0.15) is 45.6 Å². The molecule has 1 unspecified atom stereocenters. The summed E-state index contributed by atoms with van der Waals surface area (Å²) in [5.41, 5.74) is 3.11. The van der Waals surface area contributed by atoms with Crippen molar-refractivity contribution in [1.29, 1.82) is 0 Å². The highest BCUT2D eigenvalue weighted by atomic mass is 15.1. The minimum atomic E-state index is 0.433. The Morgan fingerprint density at radius 2 is 2.10 bits per heavy atom. The highest BCUT2D eigenvalue weighted by Crippen LogP contribution is 2.35. The molecule has 2 rings (SSSR count). The predicted octanol–water partition coefficient (Wildman–Crippen LogP) is 3.45. The molecule has 0 bridgehead atoms. The Hall–Kier alpha value is -1.09. The van der Waals surface area contributed by atoms with Gasteiger partial charge in [-0.15, -0.1) is 0 Å². The molecule has 1 aliphatic rings. The Morgan fingerprint density at radius 1 is 1.30 bits per heavy atom. The maximum absolute atomic E-state index is 4.27. The lowest BCUT2D eigenvalue weighted by Gasteiger charge is -2.30. The molecule has 112 valence electrons. The van der Waals surface area contributed by atoms with E-state index >= 15 is 0 Å². The van der Waals surface area contributed by atoms with Gasteiger partial charge in [-0.3, -0.25) is 4.98 Å². The van der Waals surface area contributed by atoms with E-state index in [1.54, 1.807) is 0 Å². The normalized spacial score (nSPS) is 20.8. The maximum atomic E-state index is 4.27. The van der Waals surface area contributed by atoms with Gasteiger partial charge in [0.05, 0.1) is 0 Å². The summed E-state index contributed by atoms with van der Waals surface area (Å²) in [6.07, 6.45) is 7.86. The highest BCUT2D eigenvalue weighted by molar-refractivity contribution is 5.52. The van der Waals surface area contributed by atoms with Gasteiger partial charge in [-0.25, -0.2) is 0 Å². The number of anilines is 1. The number of rotatable bonds is 3. The summed E-state index contributed by atoms with van der Waals surface area (Å²) in [6, 6.07) is 2.17. The molecule has 1 atom stereocenters. The third kappa shape index (κ3) is 3.72. The van der Waals surface area contributed by atoms with Crippen LogP contribution >= 0.6 is 0 Å². The van der Waals surface area contributed by atoms with Crippen molar-refractivity contribution in [3.63, 3.8) is 0 Å². The third-order valence-electron chi connectivity index (χ3n) is 4.54. The summed E-state index contributed by atoms with van der Waals surface area (Å²) in [7, 11) is 1.99. The van der Waals surface area contributed by atoms with Gasteiger partial charge >= 0.3 is 0 Å². The van der Waals surface area contributed by atoms with Crippen LogP contribution in [0.2, 0.25) is 0 Å². The maximum Gasteiger partial charge on any atom is 0.0442 e. The molecule has 1 saturated heterocycles. The van der Waals surface area contributed by atoms with Gasteiger partial charge in [0.2, 0.25) is 0 Å². The lowest BCUT2D eigenvalue weighted by Crippen LogP contribution is -2.27. The fourth-order valence-corrected chi connectivity index (χ4v) is 3.26. The molecule has 1 aromatic heterocycles. The van der Waals surface area contributed by atoms with E-state index in [1.165, 1.54) is 43.6 Å². The first-order valence-corrected chi connectivity index (χ1v) is 7.85. The van der Waals surface area contributed by atoms with E-state index in [4.69, 9.17) is 0 Å². The molecule has 20 heavy (non-hydrogen) atoms. The zero-order chi connectivity index (χ0) is 14.6. The van der Waals surface area contributed by atoms with Crippen LogP contribution < -0.4 is 10.2 Å². The second kappa shape index (κ2) is 6.57. The molecule has 0 radical (unpaired) electrons. The van der Waals surface area contributed by atoms with Crippen molar-refractivity contribution in [1.82, 2.24) is 10.3 Å².